The molecule has 5 fully saturated rings. The van der Waals surface area contributed by atoms with Crippen molar-refractivity contribution in [2.24, 2.45) is 11.8 Å². The molecule has 86 valence electrons. The molecule has 15 heavy (non-hydrogen) atoms. The minimum atomic E-state index is -0.343. The molecule has 5 aliphatic rings. The standard InChI is InChI=1S/C12H20O3/c1-13-11-5-4-10-7-9(8-11)3-6-12(10,14-2)15-11/h9-10H,3-8H2,1-2H3. The van der Waals surface area contributed by atoms with Crippen LogP contribution in [0, 0.1) is 11.8 Å². The Hall–Kier alpha value is -0.120. The molecule has 5 rings (SSSR count). The molecule has 3 heteroatoms. The predicted molar refractivity (Wildman–Crippen MR) is 55.2 cm³/mol. The van der Waals surface area contributed by atoms with E-state index in [2.05, 4.69) is 0 Å². The lowest BCUT2D eigenvalue weighted by Gasteiger charge is -2.48. The first kappa shape index (κ1) is 10.1. The second kappa shape index (κ2) is 3.19. The summed E-state index contributed by atoms with van der Waals surface area (Å²) >= 11 is 0. The van der Waals surface area contributed by atoms with E-state index in [0.717, 1.165) is 25.2 Å². The molecule has 4 bridgehead atoms. The smallest absolute Gasteiger partial charge is 0.174 e. The maximum Gasteiger partial charge on any atom is 0.174 e. The monoisotopic (exact) mass is 212 g/mol. The number of hydrogen-bond donors (Lipinski definition) is 0. The van der Waals surface area contributed by atoms with Gasteiger partial charge in [-0.1, -0.05) is 0 Å². The molecule has 2 aliphatic carbocycles. The summed E-state index contributed by atoms with van der Waals surface area (Å²) in [6.45, 7) is 0. The van der Waals surface area contributed by atoms with Crippen LogP contribution in [0.3, 0.4) is 0 Å². The molecule has 2 saturated carbocycles. The fourth-order valence-corrected chi connectivity index (χ4v) is 3.85. The van der Waals surface area contributed by atoms with E-state index in [9.17, 15) is 0 Å². The van der Waals surface area contributed by atoms with Crippen molar-refractivity contribution in [3.8, 4) is 0 Å². The molecule has 0 amide bonds. The molecule has 3 heterocycles. The molecular formula is C12H20O3. The minimum absolute atomic E-state index is 0.332. The van der Waals surface area contributed by atoms with Crippen molar-refractivity contribution < 1.29 is 14.2 Å². The van der Waals surface area contributed by atoms with Crippen molar-refractivity contribution in [2.45, 2.75) is 50.1 Å². The number of rotatable bonds is 2. The van der Waals surface area contributed by atoms with Crippen LogP contribution in [-0.4, -0.2) is 25.8 Å². The summed E-state index contributed by atoms with van der Waals surface area (Å²) in [5.41, 5.74) is 0. The van der Waals surface area contributed by atoms with Crippen molar-refractivity contribution in [3.63, 3.8) is 0 Å². The lowest BCUT2D eigenvalue weighted by molar-refractivity contribution is -0.381. The van der Waals surface area contributed by atoms with Crippen LogP contribution >= 0.6 is 0 Å². The van der Waals surface area contributed by atoms with Crippen molar-refractivity contribution in [1.82, 2.24) is 0 Å². The van der Waals surface area contributed by atoms with Gasteiger partial charge in [-0.3, -0.25) is 0 Å². The molecule has 0 aromatic carbocycles. The molecule has 4 atom stereocenters. The third kappa shape index (κ3) is 1.30. The Kier molecular flexibility index (Phi) is 2.14. The zero-order chi connectivity index (χ0) is 10.5. The zero-order valence-electron chi connectivity index (χ0n) is 9.62. The van der Waals surface area contributed by atoms with Gasteiger partial charge in [-0.15, -0.1) is 0 Å². The SMILES string of the molecule is COC12CCC3CC(CCC3(OC)O1)C2. The second-order valence-electron chi connectivity index (χ2n) is 5.31. The molecule has 3 nitrogen and oxygen atoms in total. The molecule has 0 aromatic heterocycles. The fraction of sp³-hybridized carbons (Fsp3) is 1.00. The minimum Gasteiger partial charge on any atom is -0.353 e. The van der Waals surface area contributed by atoms with Crippen LogP contribution in [0.15, 0.2) is 0 Å². The maximum atomic E-state index is 6.23. The summed E-state index contributed by atoms with van der Waals surface area (Å²) in [7, 11) is 3.55. The summed E-state index contributed by atoms with van der Waals surface area (Å²) in [4.78, 5) is 0. The van der Waals surface area contributed by atoms with Gasteiger partial charge in [-0.2, -0.15) is 0 Å². The maximum absolute atomic E-state index is 6.23. The first-order valence-corrected chi connectivity index (χ1v) is 6.02. The summed E-state index contributed by atoms with van der Waals surface area (Å²) in [6.07, 6.45) is 6.83. The first-order valence-electron chi connectivity index (χ1n) is 6.02. The molecule has 3 saturated heterocycles. The van der Waals surface area contributed by atoms with Gasteiger partial charge in [0, 0.05) is 39.4 Å². The van der Waals surface area contributed by atoms with E-state index in [1.807, 2.05) is 0 Å². The van der Waals surface area contributed by atoms with Crippen LogP contribution in [0.25, 0.3) is 0 Å². The number of hydrogen-bond acceptors (Lipinski definition) is 3. The Morgan fingerprint density at radius 3 is 2.73 bits per heavy atom. The van der Waals surface area contributed by atoms with Gasteiger partial charge in [0.1, 0.15) is 0 Å². The topological polar surface area (TPSA) is 27.7 Å². The Morgan fingerprint density at radius 1 is 1.13 bits per heavy atom. The fourth-order valence-electron chi connectivity index (χ4n) is 3.85. The van der Waals surface area contributed by atoms with Gasteiger partial charge in [0.15, 0.2) is 11.6 Å². The van der Waals surface area contributed by atoms with Crippen LogP contribution < -0.4 is 0 Å². The van der Waals surface area contributed by atoms with E-state index in [1.165, 1.54) is 19.3 Å². The van der Waals surface area contributed by atoms with Gasteiger partial charge in [0.25, 0.3) is 0 Å². The number of methoxy groups -OCH3 is 2. The van der Waals surface area contributed by atoms with E-state index in [4.69, 9.17) is 14.2 Å². The summed E-state index contributed by atoms with van der Waals surface area (Å²) < 4.78 is 17.6. The van der Waals surface area contributed by atoms with E-state index in [-0.39, 0.29) is 11.6 Å². The van der Waals surface area contributed by atoms with E-state index in [0.29, 0.717) is 5.92 Å². The Balaban J connectivity index is 1.99. The van der Waals surface area contributed by atoms with Gasteiger partial charge < -0.3 is 14.2 Å². The molecule has 4 unspecified atom stereocenters. The zero-order valence-corrected chi connectivity index (χ0v) is 9.62. The van der Waals surface area contributed by atoms with Crippen LogP contribution in [0.1, 0.15) is 38.5 Å². The van der Waals surface area contributed by atoms with Crippen molar-refractivity contribution in [3.05, 3.63) is 0 Å². The van der Waals surface area contributed by atoms with Crippen molar-refractivity contribution in [1.29, 1.82) is 0 Å². The summed E-state index contributed by atoms with van der Waals surface area (Å²) in [5.74, 6) is 0.695. The highest BCUT2D eigenvalue weighted by Gasteiger charge is 2.58. The Morgan fingerprint density at radius 2 is 2.00 bits per heavy atom. The average Bonchev–Trinajstić information content (AvgIpc) is 2.60. The summed E-state index contributed by atoms with van der Waals surface area (Å²) in [6, 6.07) is 0. The number of fused-ring (bicyclic) bond motifs is 2. The molecule has 0 radical (unpaired) electrons. The average molecular weight is 212 g/mol. The lowest BCUT2D eigenvalue weighted by atomic mass is 9.76. The summed E-state index contributed by atoms with van der Waals surface area (Å²) in [5, 5.41) is 0. The van der Waals surface area contributed by atoms with Crippen molar-refractivity contribution in [2.75, 3.05) is 14.2 Å². The van der Waals surface area contributed by atoms with Crippen LogP contribution in [0.2, 0.25) is 0 Å². The predicted octanol–water partition coefficient (Wildman–Crippen LogP) is 2.30. The van der Waals surface area contributed by atoms with Gasteiger partial charge >= 0.3 is 0 Å². The van der Waals surface area contributed by atoms with Gasteiger partial charge in [0.05, 0.1) is 0 Å². The van der Waals surface area contributed by atoms with Gasteiger partial charge in [-0.05, 0) is 25.2 Å². The Bertz CT molecular complexity index is 268. The highest BCUT2D eigenvalue weighted by atomic mass is 16.8. The second-order valence-corrected chi connectivity index (χ2v) is 5.31. The van der Waals surface area contributed by atoms with E-state index in [1.54, 1.807) is 14.2 Å². The van der Waals surface area contributed by atoms with E-state index >= 15 is 0 Å². The lowest BCUT2D eigenvalue weighted by Crippen LogP contribution is -2.53. The van der Waals surface area contributed by atoms with Gasteiger partial charge in [-0.25, -0.2) is 0 Å². The Labute approximate surface area is 91.1 Å². The highest BCUT2D eigenvalue weighted by Crippen LogP contribution is 2.56. The largest absolute Gasteiger partial charge is 0.353 e. The number of ether oxygens (including phenoxy) is 3. The third-order valence-electron chi connectivity index (χ3n) is 4.69. The molecule has 3 aliphatic heterocycles. The third-order valence-corrected chi connectivity index (χ3v) is 4.69. The van der Waals surface area contributed by atoms with Crippen LogP contribution in [0.5, 0.6) is 0 Å². The molecule has 0 aromatic rings. The first-order chi connectivity index (χ1) is 7.22. The normalized spacial score (nSPS) is 53.2. The van der Waals surface area contributed by atoms with Crippen LogP contribution in [-0.2, 0) is 14.2 Å². The highest BCUT2D eigenvalue weighted by molar-refractivity contribution is 4.99. The molecule has 0 spiro atoms. The van der Waals surface area contributed by atoms with Gasteiger partial charge in [0.2, 0.25) is 0 Å². The van der Waals surface area contributed by atoms with E-state index < -0.39 is 0 Å². The van der Waals surface area contributed by atoms with Crippen molar-refractivity contribution >= 4 is 0 Å². The quantitative estimate of drug-likeness (QED) is 0.703. The van der Waals surface area contributed by atoms with Crippen LogP contribution in [0.4, 0.5) is 0 Å². The molecular weight excluding hydrogens is 192 g/mol. The molecule has 0 N–H and O–H groups in total.